The number of pyridine rings is 1. The van der Waals surface area contributed by atoms with E-state index in [0.717, 1.165) is 5.57 Å². The number of allylic oxidation sites excluding steroid dienone is 2. The van der Waals surface area contributed by atoms with Crippen LogP contribution in [0.1, 0.15) is 52.3 Å². The van der Waals surface area contributed by atoms with Gasteiger partial charge in [0.2, 0.25) is 5.43 Å². The number of hydrogen-bond donors (Lipinski definition) is 3. The van der Waals surface area contributed by atoms with Gasteiger partial charge in [-0.05, 0) is 56.5 Å². The number of rotatable bonds is 11. The number of aromatic hydroxyl groups is 2. The number of aromatic carboxylic acids is 1. The molecular weight excluding hydrogens is 543 g/mol. The lowest BCUT2D eigenvalue weighted by Gasteiger charge is -2.16. The van der Waals surface area contributed by atoms with Crippen LogP contribution in [0.25, 0.3) is 12.2 Å². The van der Waals surface area contributed by atoms with Crippen LogP contribution in [-0.4, -0.2) is 40.8 Å². The van der Waals surface area contributed by atoms with E-state index < -0.39 is 23.0 Å². The molecule has 0 fully saturated rings. The topological polar surface area (TPSA) is 140 Å². The summed E-state index contributed by atoms with van der Waals surface area (Å²) in [6, 6.07) is 8.61. The molecule has 2 aromatic carbocycles. The van der Waals surface area contributed by atoms with E-state index in [2.05, 4.69) is 10.3 Å². The minimum absolute atomic E-state index is 0.00731. The molecule has 0 atom stereocenters. The molecule has 2 heterocycles. The van der Waals surface area contributed by atoms with Gasteiger partial charge in [0.05, 0.1) is 18.9 Å². The van der Waals surface area contributed by atoms with E-state index in [1.165, 1.54) is 30.5 Å². The number of aryl methyl sites for hydroxylation is 3. The molecule has 0 saturated carbocycles. The number of benzene rings is 2. The summed E-state index contributed by atoms with van der Waals surface area (Å²) >= 11 is 0. The second kappa shape index (κ2) is 13.0. The van der Waals surface area contributed by atoms with Crippen LogP contribution >= 0.6 is 0 Å². The summed E-state index contributed by atoms with van der Waals surface area (Å²) in [7, 11) is 0. The van der Waals surface area contributed by atoms with Gasteiger partial charge in [0.25, 0.3) is 0 Å². The van der Waals surface area contributed by atoms with Crippen molar-refractivity contribution in [3.05, 3.63) is 110 Å². The van der Waals surface area contributed by atoms with E-state index in [1.807, 2.05) is 19.9 Å². The lowest BCUT2D eigenvalue weighted by Crippen LogP contribution is -2.13. The van der Waals surface area contributed by atoms with Gasteiger partial charge in [-0.15, -0.1) is 5.10 Å². The minimum Gasteiger partial charge on any atom is -0.507 e. The number of phenols is 1. The van der Waals surface area contributed by atoms with Crippen LogP contribution in [0.4, 0.5) is 4.39 Å². The van der Waals surface area contributed by atoms with Crippen LogP contribution in [0.2, 0.25) is 0 Å². The van der Waals surface area contributed by atoms with Crippen molar-refractivity contribution in [2.24, 2.45) is 0 Å². The van der Waals surface area contributed by atoms with Gasteiger partial charge in [0.1, 0.15) is 35.2 Å². The fourth-order valence-electron chi connectivity index (χ4n) is 4.23. The third-order valence-corrected chi connectivity index (χ3v) is 6.50. The molecule has 0 aliphatic rings. The second-order valence-electron chi connectivity index (χ2n) is 9.96. The molecule has 42 heavy (non-hydrogen) atoms. The van der Waals surface area contributed by atoms with Crippen molar-refractivity contribution in [1.82, 2.24) is 19.6 Å². The Morgan fingerprint density at radius 1 is 1.07 bits per heavy atom. The van der Waals surface area contributed by atoms with Crippen LogP contribution in [0.15, 0.2) is 65.2 Å². The first-order valence-corrected chi connectivity index (χ1v) is 13.1. The number of halogens is 1. The zero-order valence-corrected chi connectivity index (χ0v) is 23.4. The highest BCUT2D eigenvalue weighted by atomic mass is 19.1. The third kappa shape index (κ3) is 7.30. The molecule has 10 nitrogen and oxygen atoms in total. The maximum absolute atomic E-state index is 13.3. The number of nitrogens with zero attached hydrogens (tertiary/aromatic N) is 4. The molecule has 0 aliphatic heterocycles. The molecule has 3 N–H and O–H groups in total. The minimum atomic E-state index is -1.30. The van der Waals surface area contributed by atoms with Crippen molar-refractivity contribution in [3.63, 3.8) is 0 Å². The average Bonchev–Trinajstić information content (AvgIpc) is 3.39. The molecule has 2 aromatic heterocycles. The van der Waals surface area contributed by atoms with Gasteiger partial charge in [0, 0.05) is 23.9 Å². The maximum Gasteiger partial charge on any atom is 0.340 e. The van der Waals surface area contributed by atoms with Crippen LogP contribution in [0.3, 0.4) is 0 Å². The summed E-state index contributed by atoms with van der Waals surface area (Å²) in [4.78, 5) is 23.7. The van der Waals surface area contributed by atoms with Crippen LogP contribution in [0.5, 0.6) is 17.2 Å². The maximum atomic E-state index is 13.3. The van der Waals surface area contributed by atoms with E-state index in [4.69, 9.17) is 4.74 Å². The van der Waals surface area contributed by atoms with Crippen LogP contribution in [0, 0.1) is 12.7 Å². The van der Waals surface area contributed by atoms with E-state index >= 15 is 0 Å². The molecule has 218 valence electrons. The molecule has 0 aliphatic carbocycles. The number of carboxylic acids is 1. The predicted molar refractivity (Wildman–Crippen MR) is 155 cm³/mol. The summed E-state index contributed by atoms with van der Waals surface area (Å²) < 4.78 is 22.7. The highest BCUT2D eigenvalue weighted by Crippen LogP contribution is 2.37. The summed E-state index contributed by atoms with van der Waals surface area (Å²) in [6.45, 7) is 6.39. The smallest absolute Gasteiger partial charge is 0.340 e. The van der Waals surface area contributed by atoms with Crippen LogP contribution in [-0.2, 0) is 26.1 Å². The third-order valence-electron chi connectivity index (χ3n) is 6.50. The summed E-state index contributed by atoms with van der Waals surface area (Å²) in [6.07, 6.45) is 8.31. The van der Waals surface area contributed by atoms with E-state index in [-0.39, 0.29) is 35.7 Å². The number of ether oxygens (including phenoxy) is 1. The Bertz CT molecular complexity index is 1720. The predicted octanol–water partition coefficient (Wildman–Crippen LogP) is 4.96. The van der Waals surface area contributed by atoms with Crippen LogP contribution < -0.4 is 10.2 Å². The van der Waals surface area contributed by atoms with Gasteiger partial charge in [-0.1, -0.05) is 41.1 Å². The Balaban J connectivity index is 1.59. The highest BCUT2D eigenvalue weighted by molar-refractivity contribution is 5.97. The first-order valence-electron chi connectivity index (χ1n) is 13.1. The fourth-order valence-corrected chi connectivity index (χ4v) is 4.23. The van der Waals surface area contributed by atoms with E-state index in [9.17, 15) is 29.3 Å². The molecule has 0 radical (unpaired) electrons. The second-order valence-corrected chi connectivity index (χ2v) is 9.96. The van der Waals surface area contributed by atoms with Gasteiger partial charge in [0.15, 0.2) is 5.75 Å². The van der Waals surface area contributed by atoms with Crippen molar-refractivity contribution < 1.29 is 29.2 Å². The SMILES string of the molecule is CC(C)=CCc1c(OCc2cn(CCn3cc(O)c(=O)cc3C)nn2)cc(/C=C/c2ccc(F)cc2)c(C(=O)O)c1O. The van der Waals surface area contributed by atoms with Gasteiger partial charge in [-0.25, -0.2) is 9.18 Å². The molecular formula is C31H31FN4O6. The summed E-state index contributed by atoms with van der Waals surface area (Å²) in [5.74, 6) is -2.15. The Hall–Kier alpha value is -5.19. The van der Waals surface area contributed by atoms with Crippen molar-refractivity contribution in [1.29, 1.82) is 0 Å². The highest BCUT2D eigenvalue weighted by Gasteiger charge is 2.22. The molecule has 11 heteroatoms. The number of aromatic nitrogens is 4. The van der Waals surface area contributed by atoms with Crippen molar-refractivity contribution in [3.8, 4) is 17.2 Å². The average molecular weight is 575 g/mol. The standard InChI is InChI=1S/C31H31FN4O6/c1-19(2)4-11-25-28(15-22(29(30(25)39)31(40)41)8-5-21-6-9-23(32)10-7-21)42-18-24-16-36(34-33-24)13-12-35-17-27(38)26(37)14-20(35)3/h4-10,14-17,38-39H,11-13,18H2,1-3H3,(H,40,41)/b8-5+. The lowest BCUT2D eigenvalue weighted by atomic mass is 9.97. The Morgan fingerprint density at radius 2 is 1.81 bits per heavy atom. The zero-order chi connectivity index (χ0) is 30.4. The van der Waals surface area contributed by atoms with Gasteiger partial charge in [-0.3, -0.25) is 9.48 Å². The van der Waals surface area contributed by atoms with Gasteiger partial charge < -0.3 is 24.6 Å². The first-order chi connectivity index (χ1) is 20.0. The summed E-state index contributed by atoms with van der Waals surface area (Å²) in [5, 5.41) is 39.0. The quantitative estimate of drug-likeness (QED) is 0.169. The molecule has 0 saturated heterocycles. The molecule has 0 bridgehead atoms. The number of hydrogen-bond acceptors (Lipinski definition) is 7. The normalized spacial score (nSPS) is 11.1. The van der Waals surface area contributed by atoms with Crippen molar-refractivity contribution >= 4 is 18.1 Å². The largest absolute Gasteiger partial charge is 0.507 e. The first kappa shape index (κ1) is 29.8. The zero-order valence-electron chi connectivity index (χ0n) is 23.4. The van der Waals surface area contributed by atoms with Gasteiger partial charge in [-0.2, -0.15) is 0 Å². The molecule has 0 amide bonds. The molecule has 0 unspecified atom stereocenters. The van der Waals surface area contributed by atoms with Crippen molar-refractivity contribution in [2.45, 2.75) is 46.9 Å². The monoisotopic (exact) mass is 574 g/mol. The number of carboxylic acid groups (broad SMARTS) is 1. The summed E-state index contributed by atoms with van der Waals surface area (Å²) in [5.41, 5.74) is 2.63. The Labute approximate surface area is 241 Å². The van der Waals surface area contributed by atoms with E-state index in [1.54, 1.807) is 46.6 Å². The molecule has 4 aromatic rings. The molecule has 4 rings (SSSR count). The Kier molecular flexibility index (Phi) is 9.21. The number of carbonyl (C=O) groups is 1. The fraction of sp³-hybridized carbons (Fsp3) is 0.226. The molecule has 0 spiro atoms. The van der Waals surface area contributed by atoms with Crippen molar-refractivity contribution in [2.75, 3.05) is 0 Å². The lowest BCUT2D eigenvalue weighted by molar-refractivity contribution is 0.0693. The van der Waals surface area contributed by atoms with Gasteiger partial charge >= 0.3 is 5.97 Å². The van der Waals surface area contributed by atoms with E-state index in [0.29, 0.717) is 35.6 Å². The Morgan fingerprint density at radius 3 is 2.50 bits per heavy atom.